The summed E-state index contributed by atoms with van der Waals surface area (Å²) >= 11 is 6.04. The number of rotatable bonds is 4. The van der Waals surface area contributed by atoms with Gasteiger partial charge in [0.2, 0.25) is 10.0 Å². The van der Waals surface area contributed by atoms with E-state index < -0.39 is 10.0 Å². The molecule has 7 heteroatoms. The minimum absolute atomic E-state index is 0. The van der Waals surface area contributed by atoms with Gasteiger partial charge in [-0.3, -0.25) is 0 Å². The second-order valence-electron chi connectivity index (χ2n) is 5.31. The van der Waals surface area contributed by atoms with Gasteiger partial charge in [0.05, 0.1) is 4.90 Å². The molecule has 1 aliphatic rings. The Bertz CT molecular complexity index is 576. The highest BCUT2D eigenvalue weighted by atomic mass is 35.5. The molecule has 0 amide bonds. The average Bonchev–Trinajstić information content (AvgIpc) is 2.42. The molecule has 1 unspecified atom stereocenters. The highest BCUT2D eigenvalue weighted by Crippen LogP contribution is 2.29. The number of halogens is 2. The normalized spacial score (nSPS) is 20.0. The van der Waals surface area contributed by atoms with Gasteiger partial charge in [0.15, 0.2) is 0 Å². The lowest BCUT2D eigenvalue weighted by atomic mass is 9.96. The molecule has 0 spiro atoms. The molecule has 2 N–H and O–H groups in total. The van der Waals surface area contributed by atoms with Gasteiger partial charge in [-0.2, -0.15) is 4.31 Å². The molecular formula is C14H22Cl2N2O2S. The van der Waals surface area contributed by atoms with Gasteiger partial charge in [0.1, 0.15) is 0 Å². The fourth-order valence-electron chi connectivity index (χ4n) is 2.72. The summed E-state index contributed by atoms with van der Waals surface area (Å²) in [6.07, 6.45) is 2.82. The van der Waals surface area contributed by atoms with Gasteiger partial charge in [-0.1, -0.05) is 17.7 Å². The first-order valence-corrected chi connectivity index (χ1v) is 8.74. The van der Waals surface area contributed by atoms with E-state index in [-0.39, 0.29) is 12.4 Å². The Labute approximate surface area is 138 Å². The van der Waals surface area contributed by atoms with Crippen molar-refractivity contribution in [2.45, 2.75) is 31.1 Å². The van der Waals surface area contributed by atoms with Crippen LogP contribution in [-0.2, 0) is 10.0 Å². The lowest BCUT2D eigenvalue weighted by Gasteiger charge is -2.32. The molecule has 0 radical (unpaired) electrons. The van der Waals surface area contributed by atoms with E-state index in [0.29, 0.717) is 41.0 Å². The summed E-state index contributed by atoms with van der Waals surface area (Å²) in [5.74, 6) is 0.364. The monoisotopic (exact) mass is 352 g/mol. The molecule has 1 aromatic carbocycles. The summed E-state index contributed by atoms with van der Waals surface area (Å²) < 4.78 is 27.1. The van der Waals surface area contributed by atoms with Crippen LogP contribution in [-0.4, -0.2) is 32.4 Å². The summed E-state index contributed by atoms with van der Waals surface area (Å²) in [6.45, 7) is 3.49. The van der Waals surface area contributed by atoms with Crippen LogP contribution < -0.4 is 5.73 Å². The standard InChI is InChI=1S/C14H21ClN2O2S.ClH/c1-11-13(15)5-2-6-14(11)20(18,19)17-9-3-4-12(10-17)7-8-16;/h2,5-6,12H,3-4,7-10,16H2,1H3;1H. The molecular weight excluding hydrogens is 331 g/mol. The Hall–Kier alpha value is -0.330. The fraction of sp³-hybridized carbons (Fsp3) is 0.571. The number of hydrogen-bond acceptors (Lipinski definition) is 3. The van der Waals surface area contributed by atoms with E-state index in [1.807, 2.05) is 0 Å². The molecule has 0 aliphatic carbocycles. The molecule has 120 valence electrons. The van der Waals surface area contributed by atoms with Crippen molar-refractivity contribution < 1.29 is 8.42 Å². The summed E-state index contributed by atoms with van der Waals surface area (Å²) in [7, 11) is -3.46. The third-order valence-electron chi connectivity index (χ3n) is 3.89. The highest BCUT2D eigenvalue weighted by molar-refractivity contribution is 7.89. The summed E-state index contributed by atoms with van der Waals surface area (Å²) in [5, 5.41) is 0.488. The smallest absolute Gasteiger partial charge is 0.243 e. The van der Waals surface area contributed by atoms with Crippen LogP contribution >= 0.6 is 24.0 Å². The average molecular weight is 353 g/mol. The van der Waals surface area contributed by atoms with Gasteiger partial charge in [-0.25, -0.2) is 8.42 Å². The van der Waals surface area contributed by atoms with E-state index >= 15 is 0 Å². The maximum absolute atomic E-state index is 12.7. The number of nitrogens with two attached hydrogens (primary N) is 1. The van der Waals surface area contributed by atoms with Crippen molar-refractivity contribution in [3.8, 4) is 0 Å². The molecule has 21 heavy (non-hydrogen) atoms. The summed E-state index contributed by atoms with van der Waals surface area (Å²) in [4.78, 5) is 0.318. The Morgan fingerprint density at radius 3 is 2.81 bits per heavy atom. The molecule has 0 saturated carbocycles. The third-order valence-corrected chi connectivity index (χ3v) is 6.31. The van der Waals surface area contributed by atoms with Gasteiger partial charge in [-0.05, 0) is 56.3 Å². The van der Waals surface area contributed by atoms with Crippen LogP contribution in [0, 0.1) is 12.8 Å². The van der Waals surface area contributed by atoms with Gasteiger partial charge < -0.3 is 5.73 Å². The predicted molar refractivity (Wildman–Crippen MR) is 88.6 cm³/mol. The third kappa shape index (κ3) is 4.11. The van der Waals surface area contributed by atoms with E-state index in [0.717, 1.165) is 19.3 Å². The van der Waals surface area contributed by atoms with Crippen LogP contribution in [0.25, 0.3) is 0 Å². The molecule has 0 aromatic heterocycles. The zero-order valence-electron chi connectivity index (χ0n) is 12.1. The largest absolute Gasteiger partial charge is 0.330 e. The van der Waals surface area contributed by atoms with E-state index in [2.05, 4.69) is 0 Å². The first-order chi connectivity index (χ1) is 9.46. The SMILES string of the molecule is Cc1c(Cl)cccc1S(=O)(=O)N1CCCC(CCN)C1.Cl. The zero-order chi connectivity index (χ0) is 14.8. The molecule has 1 fully saturated rings. The maximum atomic E-state index is 12.7. The molecule has 1 aromatic rings. The van der Waals surface area contributed by atoms with Crippen LogP contribution in [0.15, 0.2) is 23.1 Å². The first kappa shape index (κ1) is 18.7. The molecule has 1 heterocycles. The van der Waals surface area contributed by atoms with E-state index in [9.17, 15) is 8.42 Å². The van der Waals surface area contributed by atoms with E-state index in [1.165, 1.54) is 0 Å². The summed E-state index contributed by atoms with van der Waals surface area (Å²) in [6, 6.07) is 5.02. The molecule has 2 rings (SSSR count). The van der Waals surface area contributed by atoms with Crippen molar-refractivity contribution in [3.05, 3.63) is 28.8 Å². The summed E-state index contributed by atoms with van der Waals surface area (Å²) in [5.41, 5.74) is 6.20. The number of sulfonamides is 1. The maximum Gasteiger partial charge on any atom is 0.243 e. The Morgan fingerprint density at radius 2 is 2.14 bits per heavy atom. The van der Waals surface area contributed by atoms with Gasteiger partial charge >= 0.3 is 0 Å². The Balaban J connectivity index is 0.00000220. The molecule has 1 saturated heterocycles. The predicted octanol–water partition coefficient (Wildman–Crippen LogP) is 2.82. The van der Waals surface area contributed by atoms with Gasteiger partial charge in [0, 0.05) is 18.1 Å². The Morgan fingerprint density at radius 1 is 1.43 bits per heavy atom. The van der Waals surface area contributed by atoms with Crippen molar-refractivity contribution in [3.63, 3.8) is 0 Å². The molecule has 0 bridgehead atoms. The highest BCUT2D eigenvalue weighted by Gasteiger charge is 2.31. The van der Waals surface area contributed by atoms with Crippen molar-refractivity contribution in [1.82, 2.24) is 4.31 Å². The number of hydrogen-bond donors (Lipinski definition) is 1. The van der Waals surface area contributed by atoms with Crippen molar-refractivity contribution in [1.29, 1.82) is 0 Å². The topological polar surface area (TPSA) is 63.4 Å². The number of piperidine rings is 1. The van der Waals surface area contributed by atoms with E-state index in [4.69, 9.17) is 17.3 Å². The van der Waals surface area contributed by atoms with Crippen LogP contribution in [0.1, 0.15) is 24.8 Å². The minimum atomic E-state index is -3.46. The number of benzene rings is 1. The lowest BCUT2D eigenvalue weighted by Crippen LogP contribution is -2.40. The fourth-order valence-corrected chi connectivity index (χ4v) is 4.76. The van der Waals surface area contributed by atoms with Crippen LogP contribution in [0.2, 0.25) is 5.02 Å². The quantitative estimate of drug-likeness (QED) is 0.905. The lowest BCUT2D eigenvalue weighted by molar-refractivity contribution is 0.258. The van der Waals surface area contributed by atoms with E-state index in [1.54, 1.807) is 29.4 Å². The van der Waals surface area contributed by atoms with Crippen molar-refractivity contribution >= 4 is 34.0 Å². The van der Waals surface area contributed by atoms with Crippen LogP contribution in [0.4, 0.5) is 0 Å². The Kier molecular flexibility index (Phi) is 6.94. The zero-order valence-corrected chi connectivity index (χ0v) is 14.5. The number of nitrogens with zero attached hydrogens (tertiary/aromatic N) is 1. The van der Waals surface area contributed by atoms with Crippen LogP contribution in [0.5, 0.6) is 0 Å². The second-order valence-corrected chi connectivity index (χ2v) is 7.63. The molecule has 4 nitrogen and oxygen atoms in total. The minimum Gasteiger partial charge on any atom is -0.330 e. The molecule has 1 aliphatic heterocycles. The van der Waals surface area contributed by atoms with Crippen LogP contribution in [0.3, 0.4) is 0 Å². The molecule has 1 atom stereocenters. The second kappa shape index (κ2) is 7.79. The van der Waals surface area contributed by atoms with Gasteiger partial charge in [-0.15, -0.1) is 12.4 Å². The van der Waals surface area contributed by atoms with Crippen molar-refractivity contribution in [2.24, 2.45) is 11.7 Å². The van der Waals surface area contributed by atoms with Crippen molar-refractivity contribution in [2.75, 3.05) is 19.6 Å². The van der Waals surface area contributed by atoms with Gasteiger partial charge in [0.25, 0.3) is 0 Å². The first-order valence-electron chi connectivity index (χ1n) is 6.92.